The number of hydrogen-bond acceptors (Lipinski definition) is 6. The van der Waals surface area contributed by atoms with E-state index in [1.165, 1.54) is 31.3 Å². The Morgan fingerprint density at radius 3 is 2.70 bits per heavy atom. The molecule has 30 heavy (non-hydrogen) atoms. The van der Waals surface area contributed by atoms with Crippen LogP contribution in [0, 0.1) is 0 Å². The van der Waals surface area contributed by atoms with Gasteiger partial charge in [0.25, 0.3) is 0 Å². The standard InChI is InChI=1S/C22H20N8/c1-2-8-30(9-3-1)19-6-7-25-22-15(19)10-18(27-22)21-20-17(28-29-21)5-4-16(26-20)14-11-23-13-24-12-14/h4-7,10-13H,1-3,8-9H2,(H,25,27)(H,28,29). The number of pyridine rings is 2. The molecule has 0 aromatic carbocycles. The van der Waals surface area contributed by atoms with E-state index in [1.807, 2.05) is 18.3 Å². The minimum Gasteiger partial charge on any atom is -0.371 e. The maximum absolute atomic E-state index is 4.84. The van der Waals surface area contributed by atoms with Crippen molar-refractivity contribution in [3.05, 3.63) is 49.2 Å². The van der Waals surface area contributed by atoms with E-state index < -0.39 is 0 Å². The van der Waals surface area contributed by atoms with E-state index in [1.54, 1.807) is 12.4 Å². The van der Waals surface area contributed by atoms with E-state index in [0.717, 1.165) is 57.8 Å². The van der Waals surface area contributed by atoms with Gasteiger partial charge in [0.1, 0.15) is 23.2 Å². The van der Waals surface area contributed by atoms with Crippen LogP contribution in [0.1, 0.15) is 19.3 Å². The highest BCUT2D eigenvalue weighted by Gasteiger charge is 2.18. The summed E-state index contributed by atoms with van der Waals surface area (Å²) in [5.74, 6) is 0. The molecule has 8 heteroatoms. The van der Waals surface area contributed by atoms with Gasteiger partial charge in [-0.25, -0.2) is 19.9 Å². The van der Waals surface area contributed by atoms with E-state index in [2.05, 4.69) is 47.2 Å². The van der Waals surface area contributed by atoms with Crippen LogP contribution in [-0.4, -0.2) is 48.2 Å². The van der Waals surface area contributed by atoms with Crippen molar-refractivity contribution in [3.63, 3.8) is 0 Å². The molecule has 1 fully saturated rings. The number of anilines is 1. The van der Waals surface area contributed by atoms with E-state index in [4.69, 9.17) is 4.98 Å². The van der Waals surface area contributed by atoms with Crippen molar-refractivity contribution in [2.45, 2.75) is 19.3 Å². The lowest BCUT2D eigenvalue weighted by Crippen LogP contribution is -2.29. The lowest BCUT2D eigenvalue weighted by Gasteiger charge is -2.29. The molecule has 0 atom stereocenters. The third-order valence-electron chi connectivity index (χ3n) is 5.72. The molecule has 0 unspecified atom stereocenters. The molecule has 1 aliphatic rings. The van der Waals surface area contributed by atoms with Crippen LogP contribution in [0.15, 0.2) is 49.2 Å². The predicted octanol–water partition coefficient (Wildman–Crippen LogP) is 3.95. The van der Waals surface area contributed by atoms with Gasteiger partial charge in [0, 0.05) is 48.3 Å². The zero-order valence-electron chi connectivity index (χ0n) is 16.3. The van der Waals surface area contributed by atoms with Crippen molar-refractivity contribution in [1.82, 2.24) is 35.1 Å². The van der Waals surface area contributed by atoms with Crippen molar-refractivity contribution in [2.24, 2.45) is 0 Å². The van der Waals surface area contributed by atoms with Crippen LogP contribution in [-0.2, 0) is 0 Å². The predicted molar refractivity (Wildman–Crippen MR) is 116 cm³/mol. The summed E-state index contributed by atoms with van der Waals surface area (Å²) in [6.45, 7) is 2.18. The normalized spacial score (nSPS) is 14.6. The molecule has 2 N–H and O–H groups in total. The molecule has 0 amide bonds. The number of aromatic amines is 2. The fourth-order valence-corrected chi connectivity index (χ4v) is 4.23. The van der Waals surface area contributed by atoms with Gasteiger partial charge in [-0.15, -0.1) is 0 Å². The minimum atomic E-state index is 0.784. The Morgan fingerprint density at radius 2 is 1.83 bits per heavy atom. The van der Waals surface area contributed by atoms with Crippen LogP contribution in [0.3, 0.4) is 0 Å². The molecular formula is C22H20N8. The van der Waals surface area contributed by atoms with Crippen molar-refractivity contribution in [2.75, 3.05) is 18.0 Å². The van der Waals surface area contributed by atoms with Gasteiger partial charge < -0.3 is 9.88 Å². The average molecular weight is 396 g/mol. The van der Waals surface area contributed by atoms with Crippen molar-refractivity contribution >= 4 is 27.8 Å². The third-order valence-corrected chi connectivity index (χ3v) is 5.72. The van der Waals surface area contributed by atoms with Crippen LogP contribution < -0.4 is 4.90 Å². The molecule has 5 aromatic rings. The van der Waals surface area contributed by atoms with Gasteiger partial charge >= 0.3 is 0 Å². The zero-order chi connectivity index (χ0) is 19.9. The summed E-state index contributed by atoms with van der Waals surface area (Å²) in [4.78, 5) is 23.5. The summed E-state index contributed by atoms with van der Waals surface area (Å²) in [6, 6.07) is 8.19. The van der Waals surface area contributed by atoms with Crippen LogP contribution >= 0.6 is 0 Å². The maximum Gasteiger partial charge on any atom is 0.139 e. The Hall–Kier alpha value is -3.81. The Kier molecular flexibility index (Phi) is 3.93. The van der Waals surface area contributed by atoms with Gasteiger partial charge in [-0.05, 0) is 43.5 Å². The van der Waals surface area contributed by atoms with Crippen molar-refractivity contribution < 1.29 is 0 Å². The summed E-state index contributed by atoms with van der Waals surface area (Å²) >= 11 is 0. The molecule has 5 aromatic heterocycles. The second-order valence-electron chi connectivity index (χ2n) is 7.62. The first-order valence-corrected chi connectivity index (χ1v) is 10.2. The van der Waals surface area contributed by atoms with E-state index in [9.17, 15) is 0 Å². The second kappa shape index (κ2) is 6.91. The molecule has 0 spiro atoms. The molecule has 8 nitrogen and oxygen atoms in total. The first kappa shape index (κ1) is 17.1. The Bertz CT molecular complexity index is 1330. The first-order chi connectivity index (χ1) is 14.9. The first-order valence-electron chi connectivity index (χ1n) is 10.2. The Balaban J connectivity index is 1.47. The van der Waals surface area contributed by atoms with E-state index >= 15 is 0 Å². The van der Waals surface area contributed by atoms with Crippen LogP contribution in [0.25, 0.3) is 44.7 Å². The molecule has 1 saturated heterocycles. The number of hydrogen-bond donors (Lipinski definition) is 2. The van der Waals surface area contributed by atoms with Crippen LogP contribution in [0.4, 0.5) is 5.69 Å². The van der Waals surface area contributed by atoms with E-state index in [-0.39, 0.29) is 0 Å². The van der Waals surface area contributed by atoms with Gasteiger partial charge in [0.15, 0.2) is 0 Å². The molecule has 0 aliphatic carbocycles. The topological polar surface area (TPSA) is 99.3 Å². The van der Waals surface area contributed by atoms with Crippen molar-refractivity contribution in [1.29, 1.82) is 0 Å². The Labute approximate surface area is 172 Å². The molecule has 0 bridgehead atoms. The number of H-pyrrole nitrogens is 2. The monoisotopic (exact) mass is 396 g/mol. The van der Waals surface area contributed by atoms with Crippen LogP contribution in [0.2, 0.25) is 0 Å². The average Bonchev–Trinajstić information content (AvgIpc) is 3.43. The lowest BCUT2D eigenvalue weighted by atomic mass is 10.1. The summed E-state index contributed by atoms with van der Waals surface area (Å²) in [5.41, 5.74) is 7.17. The van der Waals surface area contributed by atoms with E-state index in [0.29, 0.717) is 0 Å². The highest BCUT2D eigenvalue weighted by molar-refractivity contribution is 5.97. The molecule has 6 rings (SSSR count). The number of nitrogens with one attached hydrogen (secondary N) is 2. The number of piperidine rings is 1. The van der Waals surface area contributed by atoms with Gasteiger partial charge in [-0.1, -0.05) is 0 Å². The summed E-state index contributed by atoms with van der Waals surface area (Å²) in [5, 5.41) is 8.76. The highest BCUT2D eigenvalue weighted by Crippen LogP contribution is 2.33. The number of aromatic nitrogens is 7. The largest absolute Gasteiger partial charge is 0.371 e. The fourth-order valence-electron chi connectivity index (χ4n) is 4.23. The smallest absolute Gasteiger partial charge is 0.139 e. The maximum atomic E-state index is 4.84. The molecular weight excluding hydrogens is 376 g/mol. The highest BCUT2D eigenvalue weighted by atomic mass is 15.1. The summed E-state index contributed by atoms with van der Waals surface area (Å²) in [7, 11) is 0. The van der Waals surface area contributed by atoms with Crippen LogP contribution in [0.5, 0.6) is 0 Å². The lowest BCUT2D eigenvalue weighted by molar-refractivity contribution is 0.579. The van der Waals surface area contributed by atoms with Gasteiger partial charge in [-0.2, -0.15) is 5.10 Å². The summed E-state index contributed by atoms with van der Waals surface area (Å²) in [6.07, 6.45) is 10.7. The number of nitrogens with zero attached hydrogens (tertiary/aromatic N) is 6. The third kappa shape index (κ3) is 2.80. The molecule has 1 aliphatic heterocycles. The zero-order valence-corrected chi connectivity index (χ0v) is 16.3. The number of rotatable bonds is 3. The molecule has 6 heterocycles. The van der Waals surface area contributed by atoms with Crippen molar-refractivity contribution in [3.8, 4) is 22.6 Å². The van der Waals surface area contributed by atoms with Gasteiger partial charge in [0.2, 0.25) is 0 Å². The Morgan fingerprint density at radius 1 is 0.967 bits per heavy atom. The number of fused-ring (bicyclic) bond motifs is 2. The molecule has 148 valence electrons. The quantitative estimate of drug-likeness (QED) is 0.479. The minimum absolute atomic E-state index is 0.784. The van der Waals surface area contributed by atoms with Gasteiger partial charge in [0.05, 0.1) is 16.9 Å². The fraction of sp³-hybridized carbons (Fsp3) is 0.227. The molecule has 0 saturated carbocycles. The van der Waals surface area contributed by atoms with Gasteiger partial charge in [-0.3, -0.25) is 5.10 Å². The SMILES string of the molecule is c1ncc(-c2ccc3[nH]nc(-c4cc5c(N6CCCCC6)ccnc5[nH]4)c3n2)cn1. The molecule has 0 radical (unpaired) electrons. The second-order valence-corrected chi connectivity index (χ2v) is 7.62. The summed E-state index contributed by atoms with van der Waals surface area (Å²) < 4.78 is 0.